The molecule has 0 spiro atoms. The highest BCUT2D eigenvalue weighted by Crippen LogP contribution is 2.24. The predicted octanol–water partition coefficient (Wildman–Crippen LogP) is 1.71. The Hall–Kier alpha value is -1.36. The summed E-state index contributed by atoms with van der Waals surface area (Å²) in [6, 6.07) is 2.58. The zero-order valence-electron chi connectivity index (χ0n) is 11.5. The first kappa shape index (κ1) is 12.7. The van der Waals surface area contributed by atoms with E-state index in [1.165, 1.54) is 25.7 Å². The average molecular weight is 262 g/mol. The van der Waals surface area contributed by atoms with E-state index in [-0.39, 0.29) is 6.10 Å². The van der Waals surface area contributed by atoms with Gasteiger partial charge in [0.05, 0.1) is 6.10 Å². The summed E-state index contributed by atoms with van der Waals surface area (Å²) in [6.45, 7) is 3.48. The van der Waals surface area contributed by atoms with Gasteiger partial charge in [0.2, 0.25) is 0 Å². The van der Waals surface area contributed by atoms with Gasteiger partial charge in [0.1, 0.15) is 17.5 Å². The lowest BCUT2D eigenvalue weighted by Crippen LogP contribution is -2.23. The maximum Gasteiger partial charge on any atom is 0.134 e. The van der Waals surface area contributed by atoms with Crippen molar-refractivity contribution in [3.05, 3.63) is 11.9 Å². The van der Waals surface area contributed by atoms with Gasteiger partial charge in [0.25, 0.3) is 0 Å². The summed E-state index contributed by atoms with van der Waals surface area (Å²) in [6.07, 6.45) is 5.71. The van der Waals surface area contributed by atoms with Gasteiger partial charge in [-0.1, -0.05) is 12.8 Å². The van der Waals surface area contributed by atoms with Gasteiger partial charge in [-0.25, -0.2) is 9.97 Å². The van der Waals surface area contributed by atoms with Crippen molar-refractivity contribution in [3.8, 4) is 0 Å². The maximum absolute atomic E-state index is 9.63. The average Bonchev–Trinajstić information content (AvgIpc) is 3.00. The van der Waals surface area contributed by atoms with Gasteiger partial charge in [0.15, 0.2) is 0 Å². The molecule has 2 aliphatic rings. The highest BCUT2D eigenvalue weighted by molar-refractivity contribution is 5.50. The lowest BCUT2D eigenvalue weighted by Gasteiger charge is -2.19. The number of nitrogens with one attached hydrogen (secondary N) is 1. The summed E-state index contributed by atoms with van der Waals surface area (Å²) in [5.74, 6) is 2.65. The molecular formula is C14H22N4O. The second-order valence-electron chi connectivity index (χ2n) is 5.67. The molecule has 2 heterocycles. The Morgan fingerprint density at radius 1 is 1.26 bits per heavy atom. The molecule has 0 radical (unpaired) electrons. The van der Waals surface area contributed by atoms with Crippen molar-refractivity contribution in [1.29, 1.82) is 0 Å². The minimum atomic E-state index is -0.221. The van der Waals surface area contributed by atoms with Crippen LogP contribution in [0.5, 0.6) is 0 Å². The molecule has 104 valence electrons. The van der Waals surface area contributed by atoms with E-state index >= 15 is 0 Å². The van der Waals surface area contributed by atoms with Crippen molar-refractivity contribution in [2.75, 3.05) is 23.3 Å². The quantitative estimate of drug-likeness (QED) is 0.868. The van der Waals surface area contributed by atoms with E-state index in [1.54, 1.807) is 0 Å². The molecule has 1 saturated carbocycles. The largest absolute Gasteiger partial charge is 0.391 e. The molecule has 3 rings (SSSR count). The zero-order chi connectivity index (χ0) is 13.2. The molecule has 0 bridgehead atoms. The third-order valence-electron chi connectivity index (χ3n) is 4.02. The number of aliphatic hydroxyl groups is 1. The molecule has 0 amide bonds. The van der Waals surface area contributed by atoms with Crippen LogP contribution in [-0.2, 0) is 0 Å². The van der Waals surface area contributed by atoms with Crippen LogP contribution in [0.1, 0.15) is 37.9 Å². The molecule has 19 heavy (non-hydrogen) atoms. The standard InChI is InChI=1S/C14H22N4O/c1-10-15-13(17-11-4-2-3-5-11)8-14(16-10)18-7-6-12(19)9-18/h8,11-12,19H,2-7,9H2,1H3,(H,15,16,17). The second kappa shape index (κ2) is 5.33. The fourth-order valence-corrected chi connectivity index (χ4v) is 3.02. The lowest BCUT2D eigenvalue weighted by molar-refractivity contribution is 0.198. The minimum absolute atomic E-state index is 0.221. The van der Waals surface area contributed by atoms with Crippen LogP contribution in [0, 0.1) is 6.92 Å². The molecule has 1 aromatic rings. The highest BCUT2D eigenvalue weighted by atomic mass is 16.3. The highest BCUT2D eigenvalue weighted by Gasteiger charge is 2.22. The van der Waals surface area contributed by atoms with Crippen LogP contribution in [0.3, 0.4) is 0 Å². The van der Waals surface area contributed by atoms with Crippen molar-refractivity contribution < 1.29 is 5.11 Å². The first-order chi connectivity index (χ1) is 9.20. The van der Waals surface area contributed by atoms with Gasteiger partial charge in [0, 0.05) is 25.2 Å². The molecule has 5 heteroatoms. The maximum atomic E-state index is 9.63. The van der Waals surface area contributed by atoms with Gasteiger partial charge in [-0.15, -0.1) is 0 Å². The summed E-state index contributed by atoms with van der Waals surface area (Å²) in [7, 11) is 0. The zero-order valence-corrected chi connectivity index (χ0v) is 11.5. The predicted molar refractivity (Wildman–Crippen MR) is 75.5 cm³/mol. The third kappa shape index (κ3) is 2.97. The van der Waals surface area contributed by atoms with Crippen molar-refractivity contribution >= 4 is 11.6 Å². The second-order valence-corrected chi connectivity index (χ2v) is 5.67. The van der Waals surface area contributed by atoms with Crippen LogP contribution < -0.4 is 10.2 Å². The van der Waals surface area contributed by atoms with Crippen LogP contribution in [-0.4, -0.2) is 40.3 Å². The number of hydrogen-bond acceptors (Lipinski definition) is 5. The van der Waals surface area contributed by atoms with E-state index < -0.39 is 0 Å². The Balaban J connectivity index is 1.75. The Morgan fingerprint density at radius 2 is 2.05 bits per heavy atom. The molecule has 1 atom stereocenters. The molecular weight excluding hydrogens is 240 g/mol. The fraction of sp³-hybridized carbons (Fsp3) is 0.714. The van der Waals surface area contributed by atoms with Crippen molar-refractivity contribution in [2.24, 2.45) is 0 Å². The SMILES string of the molecule is Cc1nc(NC2CCCC2)cc(N2CCC(O)C2)n1. The Bertz CT molecular complexity index is 445. The van der Waals surface area contributed by atoms with Gasteiger partial charge >= 0.3 is 0 Å². The summed E-state index contributed by atoms with van der Waals surface area (Å²) in [5, 5.41) is 13.1. The summed E-state index contributed by atoms with van der Waals surface area (Å²) in [5.41, 5.74) is 0. The first-order valence-corrected chi connectivity index (χ1v) is 7.26. The van der Waals surface area contributed by atoms with E-state index in [0.717, 1.165) is 30.4 Å². The van der Waals surface area contributed by atoms with E-state index in [9.17, 15) is 5.11 Å². The lowest BCUT2D eigenvalue weighted by atomic mass is 10.2. The van der Waals surface area contributed by atoms with Crippen LogP contribution in [0.25, 0.3) is 0 Å². The monoisotopic (exact) mass is 262 g/mol. The number of anilines is 2. The van der Waals surface area contributed by atoms with Crippen molar-refractivity contribution in [1.82, 2.24) is 9.97 Å². The molecule has 1 unspecified atom stereocenters. The number of aliphatic hydroxyl groups excluding tert-OH is 1. The Kier molecular flexibility index (Phi) is 3.55. The van der Waals surface area contributed by atoms with Crippen molar-refractivity contribution in [2.45, 2.75) is 51.2 Å². The summed E-state index contributed by atoms with van der Waals surface area (Å²) < 4.78 is 0. The summed E-state index contributed by atoms with van der Waals surface area (Å²) >= 11 is 0. The third-order valence-corrected chi connectivity index (χ3v) is 4.02. The number of aryl methyl sites for hydroxylation is 1. The summed E-state index contributed by atoms with van der Waals surface area (Å²) in [4.78, 5) is 11.1. The number of aromatic nitrogens is 2. The number of hydrogen-bond donors (Lipinski definition) is 2. The van der Waals surface area contributed by atoms with Crippen LogP contribution in [0.2, 0.25) is 0 Å². The Morgan fingerprint density at radius 3 is 2.74 bits per heavy atom. The van der Waals surface area contributed by atoms with Gasteiger partial charge in [-0.05, 0) is 26.2 Å². The molecule has 2 N–H and O–H groups in total. The van der Waals surface area contributed by atoms with Gasteiger partial charge in [-0.2, -0.15) is 0 Å². The molecule has 0 aromatic carbocycles. The van der Waals surface area contributed by atoms with Crippen LogP contribution in [0.4, 0.5) is 11.6 Å². The molecule has 1 saturated heterocycles. The normalized spacial score (nSPS) is 24.1. The molecule has 1 aliphatic carbocycles. The first-order valence-electron chi connectivity index (χ1n) is 7.26. The van der Waals surface area contributed by atoms with Gasteiger partial charge in [-0.3, -0.25) is 0 Å². The smallest absolute Gasteiger partial charge is 0.134 e. The van der Waals surface area contributed by atoms with Crippen molar-refractivity contribution in [3.63, 3.8) is 0 Å². The van der Waals surface area contributed by atoms with Crippen LogP contribution in [0.15, 0.2) is 6.07 Å². The van der Waals surface area contributed by atoms with E-state index in [1.807, 2.05) is 13.0 Å². The topological polar surface area (TPSA) is 61.3 Å². The number of β-amino-alcohol motifs (C(OH)–C–C–N with tert-alkyl or cyclic N) is 1. The molecule has 5 nitrogen and oxygen atoms in total. The van der Waals surface area contributed by atoms with E-state index in [4.69, 9.17) is 0 Å². The van der Waals surface area contributed by atoms with Gasteiger partial charge < -0.3 is 15.3 Å². The van der Waals surface area contributed by atoms with E-state index in [2.05, 4.69) is 20.2 Å². The fourth-order valence-electron chi connectivity index (χ4n) is 3.02. The number of rotatable bonds is 3. The molecule has 1 aliphatic heterocycles. The van der Waals surface area contributed by atoms with Crippen LogP contribution >= 0.6 is 0 Å². The van der Waals surface area contributed by atoms with E-state index in [0.29, 0.717) is 12.6 Å². The Labute approximate surface area is 114 Å². The number of nitrogens with zero attached hydrogens (tertiary/aromatic N) is 3. The molecule has 1 aromatic heterocycles. The molecule has 2 fully saturated rings. The minimum Gasteiger partial charge on any atom is -0.391 e.